The van der Waals surface area contributed by atoms with Crippen molar-refractivity contribution < 1.29 is 4.79 Å². The van der Waals surface area contributed by atoms with E-state index in [0.29, 0.717) is 19.1 Å². The Labute approximate surface area is 126 Å². The van der Waals surface area contributed by atoms with Crippen LogP contribution in [0.4, 0.5) is 0 Å². The molecular formula is C16H23ClN2O. The lowest BCUT2D eigenvalue weighted by Crippen LogP contribution is -2.40. The van der Waals surface area contributed by atoms with Crippen molar-refractivity contribution in [1.29, 1.82) is 0 Å². The first-order chi connectivity index (χ1) is 9.75. The minimum absolute atomic E-state index is 0.0870. The van der Waals surface area contributed by atoms with Gasteiger partial charge in [-0.3, -0.25) is 4.79 Å². The summed E-state index contributed by atoms with van der Waals surface area (Å²) in [5.41, 5.74) is 1.02. The van der Waals surface area contributed by atoms with E-state index in [2.05, 4.69) is 10.6 Å². The highest BCUT2D eigenvalue weighted by Crippen LogP contribution is 2.17. The first kappa shape index (κ1) is 15.3. The van der Waals surface area contributed by atoms with Crippen molar-refractivity contribution in [2.24, 2.45) is 0 Å². The van der Waals surface area contributed by atoms with Crippen molar-refractivity contribution in [3.63, 3.8) is 0 Å². The zero-order chi connectivity index (χ0) is 14.2. The second-order valence-corrected chi connectivity index (χ2v) is 5.86. The Balaban J connectivity index is 1.68. The Bertz CT molecular complexity index is 428. The summed E-state index contributed by atoms with van der Waals surface area (Å²) in [5, 5.41) is 7.02. The molecule has 2 N–H and O–H groups in total. The highest BCUT2D eigenvalue weighted by atomic mass is 35.5. The molecule has 0 saturated heterocycles. The fraction of sp³-hybridized carbons (Fsp3) is 0.562. The number of halogens is 1. The quantitative estimate of drug-likeness (QED) is 0.818. The maximum absolute atomic E-state index is 11.9. The molecule has 1 aromatic carbocycles. The Morgan fingerprint density at radius 2 is 1.85 bits per heavy atom. The van der Waals surface area contributed by atoms with Crippen LogP contribution < -0.4 is 10.6 Å². The second-order valence-electron chi connectivity index (χ2n) is 5.45. The van der Waals surface area contributed by atoms with Gasteiger partial charge in [0.25, 0.3) is 0 Å². The molecule has 1 saturated carbocycles. The minimum atomic E-state index is 0.0870. The zero-order valence-corrected chi connectivity index (χ0v) is 12.6. The van der Waals surface area contributed by atoms with Gasteiger partial charge < -0.3 is 10.6 Å². The van der Waals surface area contributed by atoms with Gasteiger partial charge in [0.05, 0.1) is 6.54 Å². The van der Waals surface area contributed by atoms with Gasteiger partial charge in [-0.25, -0.2) is 0 Å². The summed E-state index contributed by atoms with van der Waals surface area (Å²) >= 11 is 6.07. The monoisotopic (exact) mass is 294 g/mol. The van der Waals surface area contributed by atoms with Crippen LogP contribution >= 0.6 is 11.6 Å². The van der Waals surface area contributed by atoms with Crippen LogP contribution in [0, 0.1) is 0 Å². The fourth-order valence-electron chi connectivity index (χ4n) is 2.65. The van der Waals surface area contributed by atoms with Gasteiger partial charge in [0, 0.05) is 17.6 Å². The molecule has 0 radical (unpaired) electrons. The molecule has 0 unspecified atom stereocenters. The van der Waals surface area contributed by atoms with Gasteiger partial charge in [-0.15, -0.1) is 0 Å². The predicted molar refractivity (Wildman–Crippen MR) is 82.8 cm³/mol. The van der Waals surface area contributed by atoms with Crippen LogP contribution in [0.5, 0.6) is 0 Å². The number of carbonyl (C=O) groups is 1. The van der Waals surface area contributed by atoms with E-state index < -0.39 is 0 Å². The predicted octanol–water partition coefficient (Wildman–Crippen LogP) is 3.27. The van der Waals surface area contributed by atoms with Gasteiger partial charge >= 0.3 is 0 Å². The number of rotatable bonds is 5. The number of hydrogen-bond donors (Lipinski definition) is 2. The summed E-state index contributed by atoms with van der Waals surface area (Å²) in [5.74, 6) is 0.0870. The second kappa shape index (κ2) is 8.28. The van der Waals surface area contributed by atoms with Gasteiger partial charge in [0.15, 0.2) is 0 Å². The summed E-state index contributed by atoms with van der Waals surface area (Å²) in [6.45, 7) is 0.972. The molecule has 1 aliphatic rings. The van der Waals surface area contributed by atoms with Crippen molar-refractivity contribution in [3.8, 4) is 0 Å². The maximum Gasteiger partial charge on any atom is 0.234 e. The molecule has 0 heterocycles. The Hall–Kier alpha value is -1.06. The maximum atomic E-state index is 11.9. The molecule has 0 aliphatic heterocycles. The average Bonchev–Trinajstić information content (AvgIpc) is 2.69. The van der Waals surface area contributed by atoms with Crippen LogP contribution in [-0.2, 0) is 11.3 Å². The lowest BCUT2D eigenvalue weighted by atomic mass is 10.1. The van der Waals surface area contributed by atoms with Gasteiger partial charge in [0.1, 0.15) is 0 Å². The Kier molecular flexibility index (Phi) is 6.34. The molecular weight excluding hydrogens is 272 g/mol. The molecule has 4 heteroatoms. The van der Waals surface area contributed by atoms with Crippen molar-refractivity contribution in [2.75, 3.05) is 6.54 Å². The molecule has 0 atom stereocenters. The van der Waals surface area contributed by atoms with Crippen LogP contribution in [-0.4, -0.2) is 18.5 Å². The standard InChI is InChI=1S/C16H23ClN2O/c17-15-10-6-5-7-13(15)11-18-12-16(20)19-14-8-3-1-2-4-9-14/h5-7,10,14,18H,1-4,8-9,11-12H2,(H,19,20). The largest absolute Gasteiger partial charge is 0.352 e. The van der Waals surface area contributed by atoms with Gasteiger partial charge in [-0.1, -0.05) is 55.5 Å². The van der Waals surface area contributed by atoms with E-state index in [1.807, 2.05) is 24.3 Å². The zero-order valence-electron chi connectivity index (χ0n) is 11.8. The lowest BCUT2D eigenvalue weighted by molar-refractivity contribution is -0.121. The molecule has 20 heavy (non-hydrogen) atoms. The summed E-state index contributed by atoms with van der Waals surface area (Å²) in [6, 6.07) is 8.06. The molecule has 0 spiro atoms. The van der Waals surface area contributed by atoms with Crippen molar-refractivity contribution in [3.05, 3.63) is 34.9 Å². The third-order valence-corrected chi connectivity index (χ3v) is 4.15. The minimum Gasteiger partial charge on any atom is -0.352 e. The van der Waals surface area contributed by atoms with Crippen LogP contribution in [0.25, 0.3) is 0 Å². The van der Waals surface area contributed by atoms with E-state index in [1.54, 1.807) is 0 Å². The molecule has 0 bridgehead atoms. The molecule has 3 nitrogen and oxygen atoms in total. The summed E-state index contributed by atoms with van der Waals surface area (Å²) in [7, 11) is 0. The van der Waals surface area contributed by atoms with Gasteiger partial charge in [0.2, 0.25) is 5.91 Å². The molecule has 1 aromatic rings. The van der Waals surface area contributed by atoms with Crippen LogP contribution in [0.2, 0.25) is 5.02 Å². The number of nitrogens with one attached hydrogen (secondary N) is 2. The SMILES string of the molecule is O=C(CNCc1ccccc1Cl)NC1CCCCCC1. The lowest BCUT2D eigenvalue weighted by Gasteiger charge is -2.16. The molecule has 2 rings (SSSR count). The molecule has 1 fully saturated rings. The van der Waals surface area contributed by atoms with E-state index >= 15 is 0 Å². The van der Waals surface area contributed by atoms with E-state index in [-0.39, 0.29) is 5.91 Å². The molecule has 110 valence electrons. The molecule has 1 amide bonds. The number of hydrogen-bond acceptors (Lipinski definition) is 2. The topological polar surface area (TPSA) is 41.1 Å². The molecule has 0 aromatic heterocycles. The highest BCUT2D eigenvalue weighted by molar-refractivity contribution is 6.31. The Morgan fingerprint density at radius 3 is 2.55 bits per heavy atom. The average molecular weight is 295 g/mol. The highest BCUT2D eigenvalue weighted by Gasteiger charge is 2.14. The van der Waals surface area contributed by atoms with Crippen LogP contribution in [0.15, 0.2) is 24.3 Å². The first-order valence-electron chi connectivity index (χ1n) is 7.49. The number of carbonyl (C=O) groups excluding carboxylic acids is 1. The summed E-state index contributed by atoms with van der Waals surface area (Å²) in [4.78, 5) is 11.9. The number of amides is 1. The van der Waals surface area contributed by atoms with Crippen LogP contribution in [0.3, 0.4) is 0 Å². The third kappa shape index (κ3) is 5.14. The van der Waals surface area contributed by atoms with Gasteiger partial charge in [-0.2, -0.15) is 0 Å². The van der Waals surface area contributed by atoms with Crippen molar-refractivity contribution >= 4 is 17.5 Å². The Morgan fingerprint density at radius 1 is 1.15 bits per heavy atom. The third-order valence-electron chi connectivity index (χ3n) is 3.78. The normalized spacial score (nSPS) is 16.6. The van der Waals surface area contributed by atoms with Gasteiger partial charge in [-0.05, 0) is 24.5 Å². The summed E-state index contributed by atoms with van der Waals surface area (Å²) in [6.07, 6.45) is 7.32. The summed E-state index contributed by atoms with van der Waals surface area (Å²) < 4.78 is 0. The fourth-order valence-corrected chi connectivity index (χ4v) is 2.86. The van der Waals surface area contributed by atoms with Crippen molar-refractivity contribution in [2.45, 2.75) is 51.1 Å². The number of benzene rings is 1. The van der Waals surface area contributed by atoms with Crippen LogP contribution in [0.1, 0.15) is 44.1 Å². The molecule has 1 aliphatic carbocycles. The van der Waals surface area contributed by atoms with E-state index in [9.17, 15) is 4.79 Å². The first-order valence-corrected chi connectivity index (χ1v) is 7.87. The smallest absolute Gasteiger partial charge is 0.234 e. The van der Waals surface area contributed by atoms with E-state index in [0.717, 1.165) is 23.4 Å². The van der Waals surface area contributed by atoms with E-state index in [4.69, 9.17) is 11.6 Å². The van der Waals surface area contributed by atoms with Crippen molar-refractivity contribution in [1.82, 2.24) is 10.6 Å². The van der Waals surface area contributed by atoms with E-state index in [1.165, 1.54) is 25.7 Å².